The van der Waals surface area contributed by atoms with Crippen molar-refractivity contribution in [1.82, 2.24) is 0 Å². The summed E-state index contributed by atoms with van der Waals surface area (Å²) in [6.45, 7) is 2.02. The van der Waals surface area contributed by atoms with E-state index in [1.807, 2.05) is 31.2 Å². The topological polar surface area (TPSA) is 37.3 Å². The molecule has 0 saturated heterocycles. The van der Waals surface area contributed by atoms with Crippen LogP contribution in [0, 0.1) is 11.6 Å². The van der Waals surface area contributed by atoms with Gasteiger partial charge in [-0.05, 0) is 76.2 Å². The number of benzene rings is 3. The molecular formula is C25H20F2O2. The number of carboxylic acids is 1. The molecule has 1 N–H and O–H groups in total. The van der Waals surface area contributed by atoms with Crippen LogP contribution in [0.5, 0.6) is 0 Å². The van der Waals surface area contributed by atoms with Crippen LogP contribution in [0.1, 0.15) is 35.6 Å². The van der Waals surface area contributed by atoms with E-state index in [0.29, 0.717) is 6.42 Å². The lowest BCUT2D eigenvalue weighted by Crippen LogP contribution is -1.96. The zero-order valence-corrected chi connectivity index (χ0v) is 15.9. The number of carboxylic acid groups (broad SMARTS) is 1. The van der Waals surface area contributed by atoms with Crippen molar-refractivity contribution in [3.63, 3.8) is 0 Å². The fourth-order valence-corrected chi connectivity index (χ4v) is 3.27. The number of halogens is 2. The largest absolute Gasteiger partial charge is 0.478 e. The fraction of sp³-hybridized carbons (Fsp3) is 0.0800. The molecule has 0 aliphatic carbocycles. The molecule has 146 valence electrons. The van der Waals surface area contributed by atoms with E-state index < -0.39 is 5.97 Å². The predicted molar refractivity (Wildman–Crippen MR) is 112 cm³/mol. The molecule has 29 heavy (non-hydrogen) atoms. The molecule has 0 spiro atoms. The van der Waals surface area contributed by atoms with Crippen LogP contribution in [0.4, 0.5) is 8.78 Å². The van der Waals surface area contributed by atoms with Crippen molar-refractivity contribution in [2.45, 2.75) is 13.3 Å². The molecule has 3 aromatic rings. The minimum Gasteiger partial charge on any atom is -0.478 e. The first-order valence-corrected chi connectivity index (χ1v) is 9.24. The molecule has 0 saturated carbocycles. The molecule has 0 unspecified atom stereocenters. The van der Waals surface area contributed by atoms with E-state index in [1.165, 1.54) is 30.3 Å². The Bertz CT molecular complexity index is 1020. The number of hydrogen-bond acceptors (Lipinski definition) is 1. The molecule has 0 amide bonds. The van der Waals surface area contributed by atoms with Gasteiger partial charge in [0.1, 0.15) is 11.6 Å². The van der Waals surface area contributed by atoms with Crippen LogP contribution in [0.3, 0.4) is 0 Å². The number of carbonyl (C=O) groups is 1. The van der Waals surface area contributed by atoms with E-state index in [-0.39, 0.29) is 11.6 Å². The van der Waals surface area contributed by atoms with Gasteiger partial charge >= 0.3 is 5.97 Å². The minimum absolute atomic E-state index is 0.328. The normalized spacial score (nSPS) is 10.9. The summed E-state index contributed by atoms with van der Waals surface area (Å²) in [5.41, 5.74) is 5.19. The molecular weight excluding hydrogens is 370 g/mol. The second-order valence-corrected chi connectivity index (χ2v) is 6.52. The Hall–Kier alpha value is -3.53. The van der Waals surface area contributed by atoms with Crippen LogP contribution in [-0.4, -0.2) is 11.1 Å². The van der Waals surface area contributed by atoms with Gasteiger partial charge in [-0.2, -0.15) is 0 Å². The van der Waals surface area contributed by atoms with Crippen molar-refractivity contribution in [2.24, 2.45) is 0 Å². The zero-order chi connectivity index (χ0) is 20.8. The Kier molecular flexibility index (Phi) is 6.35. The fourth-order valence-electron chi connectivity index (χ4n) is 3.27. The van der Waals surface area contributed by atoms with Crippen molar-refractivity contribution in [3.05, 3.63) is 113 Å². The van der Waals surface area contributed by atoms with E-state index in [1.54, 1.807) is 24.3 Å². The van der Waals surface area contributed by atoms with Gasteiger partial charge in [0, 0.05) is 6.08 Å². The van der Waals surface area contributed by atoms with Crippen LogP contribution < -0.4 is 0 Å². The zero-order valence-electron chi connectivity index (χ0n) is 15.9. The minimum atomic E-state index is -1.01. The number of aliphatic carboxylic acids is 1. The summed E-state index contributed by atoms with van der Waals surface area (Å²) in [6.07, 6.45) is 3.31. The maximum atomic E-state index is 13.5. The first kappa shape index (κ1) is 20.2. The molecule has 0 radical (unpaired) electrons. The third kappa shape index (κ3) is 5.05. The molecule has 2 nitrogen and oxygen atoms in total. The van der Waals surface area contributed by atoms with E-state index >= 15 is 0 Å². The molecule has 0 aliphatic heterocycles. The quantitative estimate of drug-likeness (QED) is 0.389. The molecule has 0 aliphatic rings. The van der Waals surface area contributed by atoms with Crippen LogP contribution in [0.25, 0.3) is 17.2 Å². The first-order valence-electron chi connectivity index (χ1n) is 9.24. The highest BCUT2D eigenvalue weighted by molar-refractivity contribution is 5.98. The van der Waals surface area contributed by atoms with Gasteiger partial charge in [0.25, 0.3) is 0 Å². The van der Waals surface area contributed by atoms with Gasteiger partial charge in [0.15, 0.2) is 0 Å². The lowest BCUT2D eigenvalue weighted by Gasteiger charge is -2.17. The van der Waals surface area contributed by atoms with Gasteiger partial charge in [-0.15, -0.1) is 0 Å². The van der Waals surface area contributed by atoms with Crippen LogP contribution in [0.2, 0.25) is 0 Å². The Labute approximate surface area is 168 Å². The van der Waals surface area contributed by atoms with Gasteiger partial charge in [0.2, 0.25) is 0 Å². The number of hydrogen-bond donors (Lipinski definition) is 1. The summed E-state index contributed by atoms with van der Waals surface area (Å²) in [6, 6.07) is 20.0. The second-order valence-electron chi connectivity index (χ2n) is 6.52. The van der Waals surface area contributed by atoms with Crippen LogP contribution in [0.15, 0.2) is 78.9 Å². The maximum absolute atomic E-state index is 13.5. The summed E-state index contributed by atoms with van der Waals surface area (Å²) < 4.78 is 27.0. The van der Waals surface area contributed by atoms with Gasteiger partial charge in [-0.1, -0.05) is 49.4 Å². The smallest absolute Gasteiger partial charge is 0.328 e. The lowest BCUT2D eigenvalue weighted by molar-refractivity contribution is -0.131. The van der Waals surface area contributed by atoms with Crippen molar-refractivity contribution in [3.8, 4) is 0 Å². The van der Waals surface area contributed by atoms with Crippen molar-refractivity contribution < 1.29 is 18.7 Å². The standard InChI is InChI=1S/C25H20F2O2/c1-2-23(20-5-3-4-17(16-20)6-15-24(28)29)25(18-7-11-21(26)12-8-18)19-9-13-22(27)14-10-19/h3-16H,2H2,1H3,(H,28,29). The molecule has 0 fully saturated rings. The maximum Gasteiger partial charge on any atom is 0.328 e. The third-order valence-corrected chi connectivity index (χ3v) is 4.57. The first-order chi connectivity index (χ1) is 14.0. The molecule has 4 heteroatoms. The number of rotatable bonds is 6. The molecule has 3 rings (SSSR count). The summed E-state index contributed by atoms with van der Waals surface area (Å²) in [5.74, 6) is -1.67. The van der Waals surface area contributed by atoms with Gasteiger partial charge in [0.05, 0.1) is 0 Å². The highest BCUT2D eigenvalue weighted by Crippen LogP contribution is 2.35. The summed E-state index contributed by atoms with van der Waals surface area (Å²) in [4.78, 5) is 10.8. The molecule has 3 aromatic carbocycles. The van der Waals surface area contributed by atoms with Gasteiger partial charge in [-0.3, -0.25) is 0 Å². The Morgan fingerprint density at radius 1 is 0.862 bits per heavy atom. The number of allylic oxidation sites excluding steroid dienone is 1. The molecule has 0 aromatic heterocycles. The van der Waals surface area contributed by atoms with E-state index in [2.05, 4.69) is 0 Å². The lowest BCUT2D eigenvalue weighted by atomic mass is 9.87. The Morgan fingerprint density at radius 3 is 1.90 bits per heavy atom. The van der Waals surface area contributed by atoms with Crippen molar-refractivity contribution >= 4 is 23.2 Å². The molecule has 0 atom stereocenters. The SMILES string of the molecule is CCC(=C(c1ccc(F)cc1)c1ccc(F)cc1)c1cccc(C=CC(=O)O)c1. The van der Waals surface area contributed by atoms with Crippen LogP contribution >= 0.6 is 0 Å². The second kappa shape index (κ2) is 9.11. The summed E-state index contributed by atoms with van der Waals surface area (Å²) in [5, 5.41) is 8.87. The predicted octanol–water partition coefficient (Wildman–Crippen LogP) is 6.43. The molecule has 0 heterocycles. The van der Waals surface area contributed by atoms with E-state index in [0.717, 1.165) is 39.5 Å². The van der Waals surface area contributed by atoms with E-state index in [9.17, 15) is 13.6 Å². The Balaban J connectivity index is 2.22. The van der Waals surface area contributed by atoms with Crippen molar-refractivity contribution in [1.29, 1.82) is 0 Å². The highest BCUT2D eigenvalue weighted by atomic mass is 19.1. The monoisotopic (exact) mass is 390 g/mol. The third-order valence-electron chi connectivity index (χ3n) is 4.57. The van der Waals surface area contributed by atoms with Crippen LogP contribution in [-0.2, 0) is 4.79 Å². The van der Waals surface area contributed by atoms with Gasteiger partial charge < -0.3 is 5.11 Å². The van der Waals surface area contributed by atoms with Gasteiger partial charge in [-0.25, -0.2) is 13.6 Å². The Morgan fingerprint density at radius 2 is 1.41 bits per heavy atom. The highest BCUT2D eigenvalue weighted by Gasteiger charge is 2.13. The summed E-state index contributed by atoms with van der Waals surface area (Å²) >= 11 is 0. The van der Waals surface area contributed by atoms with E-state index in [4.69, 9.17) is 5.11 Å². The average molecular weight is 390 g/mol. The molecule has 0 bridgehead atoms. The average Bonchev–Trinajstić information content (AvgIpc) is 2.72. The summed E-state index contributed by atoms with van der Waals surface area (Å²) in [7, 11) is 0. The van der Waals surface area contributed by atoms with Crippen molar-refractivity contribution in [2.75, 3.05) is 0 Å².